The van der Waals surface area contributed by atoms with Crippen molar-refractivity contribution in [3.63, 3.8) is 0 Å². The molecular weight excluding hydrogens is 404 g/mol. The molecule has 0 radical (unpaired) electrons. The van der Waals surface area contributed by atoms with Crippen LogP contribution in [0.1, 0.15) is 39.0 Å². The molecule has 174 valence electrons. The third kappa shape index (κ3) is 3.41. The number of hydrogen-bond acceptors (Lipinski definition) is 6. The fourth-order valence-corrected chi connectivity index (χ4v) is 7.44. The molecule has 0 bridgehead atoms. The van der Waals surface area contributed by atoms with Gasteiger partial charge in [0, 0.05) is 50.4 Å². The van der Waals surface area contributed by atoms with Crippen molar-refractivity contribution in [2.24, 2.45) is 23.2 Å². The van der Waals surface area contributed by atoms with Crippen molar-refractivity contribution in [2.75, 3.05) is 51.3 Å². The SMILES string of the molecule is COc1cccc(N2CCN(C[C@H]3C(=O)O[C@@H]4C[C@@]5(C)CCC[C@]6(CO6)[C@H]5C[C@H]43)CC2)c1. The highest BCUT2D eigenvalue weighted by molar-refractivity contribution is 5.75. The molecule has 3 heterocycles. The molecule has 2 aliphatic carbocycles. The average molecular weight is 441 g/mol. The highest BCUT2D eigenvalue weighted by atomic mass is 16.6. The van der Waals surface area contributed by atoms with Crippen LogP contribution >= 0.6 is 0 Å². The molecular formula is C26H36N2O4. The Morgan fingerprint density at radius 3 is 2.75 bits per heavy atom. The van der Waals surface area contributed by atoms with E-state index >= 15 is 0 Å². The lowest BCUT2D eigenvalue weighted by atomic mass is 9.53. The topological polar surface area (TPSA) is 54.5 Å². The monoisotopic (exact) mass is 440 g/mol. The predicted molar refractivity (Wildman–Crippen MR) is 122 cm³/mol. The van der Waals surface area contributed by atoms with Crippen LogP contribution in [0.15, 0.2) is 24.3 Å². The molecule has 3 saturated heterocycles. The number of piperazine rings is 1. The number of nitrogens with zero attached hydrogens (tertiary/aromatic N) is 2. The molecule has 0 unspecified atom stereocenters. The number of ether oxygens (including phenoxy) is 3. The first kappa shape index (κ1) is 20.8. The second kappa shape index (κ2) is 7.63. The Kier molecular flexibility index (Phi) is 4.95. The molecule has 5 aliphatic rings. The number of hydrogen-bond donors (Lipinski definition) is 0. The number of methoxy groups -OCH3 is 1. The Morgan fingerprint density at radius 1 is 1.19 bits per heavy atom. The van der Waals surface area contributed by atoms with Crippen LogP contribution < -0.4 is 9.64 Å². The van der Waals surface area contributed by atoms with Crippen molar-refractivity contribution in [2.45, 2.75) is 50.7 Å². The summed E-state index contributed by atoms with van der Waals surface area (Å²) in [5.41, 5.74) is 1.60. The Bertz CT molecular complexity index is 878. The fourth-order valence-electron chi connectivity index (χ4n) is 7.44. The molecule has 1 aromatic rings. The third-order valence-electron chi connectivity index (χ3n) is 9.32. The minimum atomic E-state index is 0.0191. The summed E-state index contributed by atoms with van der Waals surface area (Å²) in [6, 6.07) is 8.29. The van der Waals surface area contributed by atoms with Crippen LogP contribution in [-0.2, 0) is 14.3 Å². The van der Waals surface area contributed by atoms with Crippen molar-refractivity contribution in [3.05, 3.63) is 24.3 Å². The first-order valence-electron chi connectivity index (χ1n) is 12.5. The molecule has 0 aromatic heterocycles. The largest absolute Gasteiger partial charge is 0.497 e. The summed E-state index contributed by atoms with van der Waals surface area (Å²) < 4.78 is 17.4. The van der Waals surface area contributed by atoms with Gasteiger partial charge in [-0.1, -0.05) is 13.0 Å². The van der Waals surface area contributed by atoms with Crippen LogP contribution in [0.2, 0.25) is 0 Å². The molecule has 0 amide bonds. The minimum absolute atomic E-state index is 0.0191. The highest BCUT2D eigenvalue weighted by Gasteiger charge is 2.65. The summed E-state index contributed by atoms with van der Waals surface area (Å²) in [7, 11) is 1.71. The molecule has 1 aromatic carbocycles. The molecule has 6 atom stereocenters. The van der Waals surface area contributed by atoms with Crippen molar-refractivity contribution in [1.29, 1.82) is 0 Å². The van der Waals surface area contributed by atoms with E-state index in [0.717, 1.165) is 57.9 Å². The lowest BCUT2D eigenvalue weighted by molar-refractivity contribution is -0.147. The van der Waals surface area contributed by atoms with Gasteiger partial charge in [-0.15, -0.1) is 0 Å². The lowest BCUT2D eigenvalue weighted by Crippen LogP contribution is -2.52. The Hall–Kier alpha value is -1.79. The van der Waals surface area contributed by atoms with E-state index in [9.17, 15) is 4.79 Å². The number of benzene rings is 1. The number of esters is 1. The number of epoxide rings is 1. The third-order valence-corrected chi connectivity index (χ3v) is 9.32. The van der Waals surface area contributed by atoms with E-state index < -0.39 is 0 Å². The Balaban J connectivity index is 1.11. The van der Waals surface area contributed by atoms with Gasteiger partial charge in [-0.2, -0.15) is 0 Å². The zero-order chi connectivity index (χ0) is 21.9. The van der Waals surface area contributed by atoms with Gasteiger partial charge in [0.25, 0.3) is 0 Å². The van der Waals surface area contributed by atoms with E-state index in [2.05, 4.69) is 28.9 Å². The van der Waals surface area contributed by atoms with E-state index in [-0.39, 0.29) is 29.0 Å². The summed E-state index contributed by atoms with van der Waals surface area (Å²) in [6.45, 7) is 8.09. The predicted octanol–water partition coefficient (Wildman–Crippen LogP) is 3.34. The van der Waals surface area contributed by atoms with Crippen LogP contribution in [-0.4, -0.2) is 69.0 Å². The van der Waals surface area contributed by atoms with Gasteiger partial charge >= 0.3 is 5.97 Å². The molecule has 3 aliphatic heterocycles. The second-order valence-corrected chi connectivity index (χ2v) is 11.1. The summed E-state index contributed by atoms with van der Waals surface area (Å²) in [4.78, 5) is 17.8. The maximum Gasteiger partial charge on any atom is 0.310 e. The van der Waals surface area contributed by atoms with Crippen molar-refractivity contribution in [3.8, 4) is 5.75 Å². The number of fused-ring (bicyclic) bond motifs is 3. The molecule has 6 nitrogen and oxygen atoms in total. The summed E-state index contributed by atoms with van der Waals surface area (Å²) in [5.74, 6) is 1.91. The quantitative estimate of drug-likeness (QED) is 0.529. The number of carbonyl (C=O) groups is 1. The highest BCUT2D eigenvalue weighted by Crippen LogP contribution is 2.62. The van der Waals surface area contributed by atoms with Gasteiger partial charge in [-0.05, 0) is 55.6 Å². The van der Waals surface area contributed by atoms with Crippen LogP contribution in [0.4, 0.5) is 5.69 Å². The van der Waals surface area contributed by atoms with Gasteiger partial charge in [0.2, 0.25) is 0 Å². The molecule has 2 saturated carbocycles. The standard InChI is InChI=1S/C26H36N2O4/c1-25-7-4-8-26(17-31-26)23(25)14-20-21(24(29)32-22(20)15-25)16-27-9-11-28(12-10-27)18-5-3-6-19(13-18)30-2/h3,5-6,13,20-23H,4,7-12,14-17H2,1-2H3/t20-,21+,22+,23-,25+,26-/m0/s1. The van der Waals surface area contributed by atoms with Crippen molar-refractivity contribution >= 4 is 11.7 Å². The van der Waals surface area contributed by atoms with Crippen molar-refractivity contribution < 1.29 is 19.0 Å². The normalized spacial score (nSPS) is 41.2. The van der Waals surface area contributed by atoms with E-state index in [0.29, 0.717) is 11.8 Å². The zero-order valence-electron chi connectivity index (χ0n) is 19.4. The smallest absolute Gasteiger partial charge is 0.310 e. The summed E-state index contributed by atoms with van der Waals surface area (Å²) in [5, 5.41) is 0. The van der Waals surface area contributed by atoms with Crippen LogP contribution in [0.5, 0.6) is 5.75 Å². The summed E-state index contributed by atoms with van der Waals surface area (Å²) in [6.07, 6.45) is 5.94. The maximum absolute atomic E-state index is 13.0. The molecule has 5 fully saturated rings. The molecule has 32 heavy (non-hydrogen) atoms. The second-order valence-electron chi connectivity index (χ2n) is 11.1. The Labute approximate surface area is 191 Å². The van der Waals surface area contributed by atoms with Gasteiger partial charge in [-0.3, -0.25) is 9.69 Å². The number of anilines is 1. The molecule has 1 spiro atoms. The van der Waals surface area contributed by atoms with Crippen LogP contribution in [0.25, 0.3) is 0 Å². The van der Waals surface area contributed by atoms with Gasteiger partial charge in [0.05, 0.1) is 25.2 Å². The van der Waals surface area contributed by atoms with E-state index in [1.807, 2.05) is 12.1 Å². The lowest BCUT2D eigenvalue weighted by Gasteiger charge is -2.51. The maximum atomic E-state index is 13.0. The zero-order valence-corrected chi connectivity index (χ0v) is 19.4. The first-order valence-corrected chi connectivity index (χ1v) is 12.5. The molecule has 6 heteroatoms. The van der Waals surface area contributed by atoms with Crippen LogP contribution in [0, 0.1) is 23.2 Å². The van der Waals surface area contributed by atoms with Gasteiger partial charge < -0.3 is 19.1 Å². The summed E-state index contributed by atoms with van der Waals surface area (Å²) >= 11 is 0. The van der Waals surface area contributed by atoms with E-state index in [4.69, 9.17) is 14.2 Å². The molecule has 0 N–H and O–H groups in total. The van der Waals surface area contributed by atoms with Gasteiger partial charge in [0.15, 0.2) is 0 Å². The fraction of sp³-hybridized carbons (Fsp3) is 0.731. The molecule has 6 rings (SSSR count). The van der Waals surface area contributed by atoms with Crippen LogP contribution in [0.3, 0.4) is 0 Å². The Morgan fingerprint density at radius 2 is 2.00 bits per heavy atom. The van der Waals surface area contributed by atoms with E-state index in [1.54, 1.807) is 7.11 Å². The number of rotatable bonds is 4. The average Bonchev–Trinajstić information content (AvgIpc) is 3.51. The van der Waals surface area contributed by atoms with Crippen molar-refractivity contribution in [1.82, 2.24) is 4.90 Å². The van der Waals surface area contributed by atoms with Gasteiger partial charge in [0.1, 0.15) is 11.9 Å². The minimum Gasteiger partial charge on any atom is -0.497 e. The first-order chi connectivity index (χ1) is 15.5. The number of carbonyl (C=O) groups excluding carboxylic acids is 1. The van der Waals surface area contributed by atoms with E-state index in [1.165, 1.54) is 24.9 Å². The van der Waals surface area contributed by atoms with Gasteiger partial charge in [-0.25, -0.2) is 0 Å².